The molecule has 1 aliphatic rings. The highest BCUT2D eigenvalue weighted by Gasteiger charge is 2.20. The molecule has 3 rings (SSSR count). The van der Waals surface area contributed by atoms with Crippen molar-refractivity contribution in [3.8, 4) is 0 Å². The zero-order valence-electron chi connectivity index (χ0n) is 11.8. The highest BCUT2D eigenvalue weighted by atomic mass is 32.1. The predicted molar refractivity (Wildman–Crippen MR) is 83.0 cm³/mol. The van der Waals surface area contributed by atoms with E-state index in [-0.39, 0.29) is 5.92 Å². The Morgan fingerprint density at radius 1 is 1.40 bits per heavy atom. The molecule has 0 atom stereocenters. The summed E-state index contributed by atoms with van der Waals surface area (Å²) in [4.78, 5) is 12.9. The van der Waals surface area contributed by atoms with Crippen LogP contribution in [0, 0.1) is 0 Å². The van der Waals surface area contributed by atoms with Gasteiger partial charge < -0.3 is 10.3 Å². The van der Waals surface area contributed by atoms with Crippen LogP contribution >= 0.6 is 11.3 Å². The smallest absolute Gasteiger partial charge is 0.145 e. The molecular formula is C14H19N5S. The van der Waals surface area contributed by atoms with Crippen molar-refractivity contribution in [1.29, 1.82) is 0 Å². The number of aromatic nitrogens is 2. The van der Waals surface area contributed by atoms with Crippen molar-refractivity contribution >= 4 is 23.0 Å². The Labute approximate surface area is 122 Å². The number of nitrogens with one attached hydrogen (secondary N) is 1. The molecule has 0 saturated heterocycles. The topological polar surface area (TPSA) is 67.1 Å². The van der Waals surface area contributed by atoms with Gasteiger partial charge in [-0.3, -0.25) is 0 Å². The lowest BCUT2D eigenvalue weighted by molar-refractivity contribution is 0.711. The summed E-state index contributed by atoms with van der Waals surface area (Å²) in [5.74, 6) is 8.25. The molecule has 0 radical (unpaired) electrons. The molecule has 0 bridgehead atoms. The van der Waals surface area contributed by atoms with E-state index in [1.807, 2.05) is 17.4 Å². The number of hydrazine groups is 1. The lowest BCUT2D eigenvalue weighted by Crippen LogP contribution is -2.30. The normalized spacial score (nSPS) is 14.5. The Morgan fingerprint density at radius 2 is 2.25 bits per heavy atom. The maximum atomic E-state index is 5.52. The Balaban J connectivity index is 1.92. The summed E-state index contributed by atoms with van der Waals surface area (Å²) in [6.07, 6.45) is 1.08. The summed E-state index contributed by atoms with van der Waals surface area (Å²) in [7, 11) is 0. The molecule has 106 valence electrons. The van der Waals surface area contributed by atoms with Gasteiger partial charge in [-0.25, -0.2) is 15.8 Å². The number of nitrogens with zero attached hydrogens (tertiary/aromatic N) is 3. The van der Waals surface area contributed by atoms with Gasteiger partial charge in [0.25, 0.3) is 0 Å². The third-order valence-corrected chi connectivity index (χ3v) is 4.55. The van der Waals surface area contributed by atoms with E-state index in [1.54, 1.807) is 0 Å². The first kappa shape index (κ1) is 13.3. The monoisotopic (exact) mass is 289 g/mol. The molecule has 1 aliphatic heterocycles. The van der Waals surface area contributed by atoms with E-state index in [1.165, 1.54) is 10.4 Å². The predicted octanol–water partition coefficient (Wildman–Crippen LogP) is 2.51. The average Bonchev–Trinajstić information content (AvgIpc) is 2.94. The zero-order valence-corrected chi connectivity index (χ0v) is 12.6. The number of fused-ring (bicyclic) bond motifs is 1. The second-order valence-electron chi connectivity index (χ2n) is 5.31. The van der Waals surface area contributed by atoms with Crippen LogP contribution in [0.5, 0.6) is 0 Å². The van der Waals surface area contributed by atoms with Gasteiger partial charge in [0.2, 0.25) is 0 Å². The second-order valence-corrected chi connectivity index (χ2v) is 6.31. The fourth-order valence-electron chi connectivity index (χ4n) is 2.39. The van der Waals surface area contributed by atoms with Gasteiger partial charge in [0.15, 0.2) is 0 Å². The first-order valence-corrected chi connectivity index (χ1v) is 7.71. The highest BCUT2D eigenvalue weighted by molar-refractivity contribution is 7.10. The van der Waals surface area contributed by atoms with Crippen molar-refractivity contribution < 1.29 is 0 Å². The van der Waals surface area contributed by atoms with Crippen LogP contribution in [0.3, 0.4) is 0 Å². The molecule has 2 aromatic heterocycles. The quantitative estimate of drug-likeness (QED) is 0.671. The van der Waals surface area contributed by atoms with E-state index in [0.717, 1.165) is 31.2 Å². The number of rotatable bonds is 3. The molecule has 6 heteroatoms. The second kappa shape index (κ2) is 5.38. The first-order chi connectivity index (χ1) is 9.67. The van der Waals surface area contributed by atoms with E-state index < -0.39 is 0 Å². The SMILES string of the molecule is CC(C)c1nc(NN)cc(N2CCc3sccc3C2)n1. The van der Waals surface area contributed by atoms with E-state index in [9.17, 15) is 0 Å². The number of hydrogen-bond acceptors (Lipinski definition) is 6. The summed E-state index contributed by atoms with van der Waals surface area (Å²) in [6, 6.07) is 4.13. The number of thiophene rings is 1. The van der Waals surface area contributed by atoms with Gasteiger partial charge in [-0.15, -0.1) is 11.3 Å². The molecule has 0 fully saturated rings. The van der Waals surface area contributed by atoms with Crippen LogP contribution in [0.1, 0.15) is 36.0 Å². The summed E-state index contributed by atoms with van der Waals surface area (Å²) >= 11 is 1.85. The minimum atomic E-state index is 0.281. The molecule has 0 aliphatic carbocycles. The minimum absolute atomic E-state index is 0.281. The number of nitrogen functional groups attached to an aromatic ring is 1. The standard InChI is InChI=1S/C14H19N5S/c1-9(2)14-16-12(18-15)7-13(17-14)19-5-3-11-10(8-19)4-6-20-11/h4,6-7,9H,3,5,8,15H2,1-2H3,(H,16,17,18). The lowest BCUT2D eigenvalue weighted by atomic mass is 10.1. The van der Waals surface area contributed by atoms with Crippen molar-refractivity contribution in [3.63, 3.8) is 0 Å². The molecule has 0 spiro atoms. The molecule has 0 amide bonds. The third-order valence-electron chi connectivity index (χ3n) is 3.53. The van der Waals surface area contributed by atoms with Crippen LogP contribution in [0.15, 0.2) is 17.5 Å². The van der Waals surface area contributed by atoms with Gasteiger partial charge in [0.1, 0.15) is 17.5 Å². The summed E-state index contributed by atoms with van der Waals surface area (Å²) < 4.78 is 0. The van der Waals surface area contributed by atoms with Crippen LogP contribution < -0.4 is 16.2 Å². The Bertz CT molecular complexity index is 607. The molecule has 3 N–H and O–H groups in total. The third kappa shape index (κ3) is 2.48. The number of nitrogens with two attached hydrogens (primary N) is 1. The molecule has 20 heavy (non-hydrogen) atoms. The van der Waals surface area contributed by atoms with Crippen molar-refractivity contribution in [2.75, 3.05) is 16.9 Å². The van der Waals surface area contributed by atoms with Crippen LogP contribution in [0.2, 0.25) is 0 Å². The minimum Gasteiger partial charge on any atom is -0.352 e. The van der Waals surface area contributed by atoms with Crippen LogP contribution in [-0.4, -0.2) is 16.5 Å². The van der Waals surface area contributed by atoms with E-state index in [2.05, 4.69) is 45.6 Å². The molecule has 0 aromatic carbocycles. The van der Waals surface area contributed by atoms with E-state index in [0.29, 0.717) is 5.82 Å². The molecule has 3 heterocycles. The maximum Gasteiger partial charge on any atom is 0.145 e. The first-order valence-electron chi connectivity index (χ1n) is 6.83. The molecule has 0 unspecified atom stereocenters. The fraction of sp³-hybridized carbons (Fsp3) is 0.429. The van der Waals surface area contributed by atoms with Gasteiger partial charge in [0.05, 0.1) is 0 Å². The Hall–Kier alpha value is -1.66. The van der Waals surface area contributed by atoms with Gasteiger partial charge in [0, 0.05) is 30.0 Å². The van der Waals surface area contributed by atoms with Gasteiger partial charge in [-0.2, -0.15) is 0 Å². The van der Waals surface area contributed by atoms with Crippen molar-refractivity contribution in [1.82, 2.24) is 9.97 Å². The maximum absolute atomic E-state index is 5.52. The number of anilines is 2. The fourth-order valence-corrected chi connectivity index (χ4v) is 3.28. The summed E-state index contributed by atoms with van der Waals surface area (Å²) in [6.45, 7) is 6.09. The van der Waals surface area contributed by atoms with Crippen molar-refractivity contribution in [3.05, 3.63) is 33.8 Å². The van der Waals surface area contributed by atoms with Crippen LogP contribution in [-0.2, 0) is 13.0 Å². The van der Waals surface area contributed by atoms with Gasteiger partial charge in [-0.05, 0) is 23.4 Å². The Kier molecular flexibility index (Phi) is 3.58. The molecular weight excluding hydrogens is 270 g/mol. The largest absolute Gasteiger partial charge is 0.352 e. The number of hydrogen-bond donors (Lipinski definition) is 2. The van der Waals surface area contributed by atoms with Gasteiger partial charge >= 0.3 is 0 Å². The van der Waals surface area contributed by atoms with Crippen LogP contribution in [0.25, 0.3) is 0 Å². The lowest BCUT2D eigenvalue weighted by Gasteiger charge is -2.28. The van der Waals surface area contributed by atoms with Crippen molar-refractivity contribution in [2.24, 2.45) is 5.84 Å². The average molecular weight is 289 g/mol. The highest BCUT2D eigenvalue weighted by Crippen LogP contribution is 2.28. The zero-order chi connectivity index (χ0) is 14.1. The Morgan fingerprint density at radius 3 is 3.00 bits per heavy atom. The van der Waals surface area contributed by atoms with E-state index in [4.69, 9.17) is 5.84 Å². The van der Waals surface area contributed by atoms with Crippen LogP contribution in [0.4, 0.5) is 11.6 Å². The molecule has 2 aromatic rings. The molecule has 5 nitrogen and oxygen atoms in total. The molecule has 0 saturated carbocycles. The van der Waals surface area contributed by atoms with Crippen molar-refractivity contribution in [2.45, 2.75) is 32.7 Å². The van der Waals surface area contributed by atoms with E-state index >= 15 is 0 Å². The summed E-state index contributed by atoms with van der Waals surface area (Å²) in [5.41, 5.74) is 4.05. The van der Waals surface area contributed by atoms with Gasteiger partial charge in [-0.1, -0.05) is 13.8 Å². The summed E-state index contributed by atoms with van der Waals surface area (Å²) in [5, 5.41) is 2.17.